The molecule has 3 rings (SSSR count). The first-order valence-electron chi connectivity index (χ1n) is 11.2. The van der Waals surface area contributed by atoms with Crippen molar-refractivity contribution in [3.8, 4) is 0 Å². The molecular weight excluding hydrogens is 424 g/mol. The summed E-state index contributed by atoms with van der Waals surface area (Å²) < 4.78 is 23.1. The third-order valence-electron chi connectivity index (χ3n) is 6.74. The highest BCUT2D eigenvalue weighted by Gasteiger charge is 2.51. The number of nitrogens with two attached hydrogens (primary N) is 3. The molecule has 2 aliphatic heterocycles. The minimum absolute atomic E-state index is 0.0848. The Morgan fingerprint density at radius 3 is 2.19 bits per heavy atom. The maximum Gasteiger partial charge on any atom is 0.185 e. The van der Waals surface area contributed by atoms with E-state index in [2.05, 4.69) is 5.32 Å². The van der Waals surface area contributed by atoms with Crippen LogP contribution in [0.2, 0.25) is 0 Å². The zero-order chi connectivity index (χ0) is 23.8. The first-order chi connectivity index (χ1) is 15.0. The second kappa shape index (κ2) is 10.4. The number of ether oxygens (including phenoxy) is 4. The molecule has 32 heavy (non-hydrogen) atoms. The van der Waals surface area contributed by atoms with E-state index < -0.39 is 66.8 Å². The topological polar surface area (TPSA) is 208 Å². The van der Waals surface area contributed by atoms with E-state index in [0.29, 0.717) is 12.8 Å². The Morgan fingerprint density at radius 2 is 1.62 bits per heavy atom. The Bertz CT molecular complexity index is 614. The van der Waals surface area contributed by atoms with Gasteiger partial charge in [-0.3, -0.25) is 0 Å². The second-order valence-electron chi connectivity index (χ2n) is 9.60. The summed E-state index contributed by atoms with van der Waals surface area (Å²) in [7, 11) is 1.61. The van der Waals surface area contributed by atoms with Crippen molar-refractivity contribution < 1.29 is 39.4 Å². The third kappa shape index (κ3) is 5.43. The average Bonchev–Trinajstić information content (AvgIpc) is 2.71. The molecule has 3 aliphatic rings. The van der Waals surface area contributed by atoms with Crippen molar-refractivity contribution in [1.82, 2.24) is 5.32 Å². The molecule has 0 spiro atoms. The van der Waals surface area contributed by atoms with Crippen LogP contribution in [0.4, 0.5) is 0 Å². The molecule has 0 aromatic heterocycles. The van der Waals surface area contributed by atoms with E-state index in [9.17, 15) is 20.4 Å². The lowest BCUT2D eigenvalue weighted by Gasteiger charge is -2.48. The Balaban J connectivity index is 1.69. The van der Waals surface area contributed by atoms with Crippen LogP contribution < -0.4 is 22.5 Å². The van der Waals surface area contributed by atoms with Gasteiger partial charge in [0.25, 0.3) is 0 Å². The zero-order valence-corrected chi connectivity index (χ0v) is 18.9. The minimum Gasteiger partial charge on any atom is -0.388 e. The Labute approximate surface area is 188 Å². The van der Waals surface area contributed by atoms with Crippen molar-refractivity contribution >= 4 is 0 Å². The molecule has 11 N–H and O–H groups in total. The maximum atomic E-state index is 11.0. The Kier molecular flexibility index (Phi) is 8.51. The number of hydrogen-bond acceptors (Lipinski definition) is 12. The summed E-state index contributed by atoms with van der Waals surface area (Å²) in [5.41, 5.74) is 17.0. The molecule has 2 saturated heterocycles. The van der Waals surface area contributed by atoms with Crippen LogP contribution >= 0.6 is 0 Å². The monoisotopic (exact) mass is 464 g/mol. The van der Waals surface area contributed by atoms with Crippen LogP contribution in [0.1, 0.15) is 33.1 Å². The average molecular weight is 465 g/mol. The number of aliphatic hydroxyl groups excluding tert-OH is 3. The highest BCUT2D eigenvalue weighted by atomic mass is 16.7. The normalized spacial score (nSPS) is 51.4. The molecule has 3 fully saturated rings. The van der Waals surface area contributed by atoms with E-state index >= 15 is 0 Å². The fourth-order valence-electron chi connectivity index (χ4n) is 4.83. The highest BCUT2D eigenvalue weighted by molar-refractivity contribution is 5.01. The van der Waals surface area contributed by atoms with Crippen LogP contribution in [0, 0.1) is 0 Å². The summed E-state index contributed by atoms with van der Waals surface area (Å²) >= 11 is 0. The maximum absolute atomic E-state index is 11.0. The first-order valence-corrected chi connectivity index (χ1v) is 11.2. The molecule has 0 amide bonds. The number of aliphatic hydroxyl groups is 4. The van der Waals surface area contributed by atoms with Gasteiger partial charge < -0.3 is 61.9 Å². The van der Waals surface area contributed by atoms with Gasteiger partial charge in [-0.15, -0.1) is 0 Å². The van der Waals surface area contributed by atoms with Crippen LogP contribution in [0.25, 0.3) is 0 Å². The van der Waals surface area contributed by atoms with E-state index in [0.717, 1.165) is 0 Å². The quantitative estimate of drug-likeness (QED) is 0.192. The molecule has 1 saturated carbocycles. The summed E-state index contributed by atoms with van der Waals surface area (Å²) in [5.74, 6) is 0. The van der Waals surface area contributed by atoms with Gasteiger partial charge in [0.1, 0.15) is 36.1 Å². The van der Waals surface area contributed by atoms with Crippen LogP contribution in [-0.4, -0.2) is 113 Å². The molecule has 0 bridgehead atoms. The predicted molar refractivity (Wildman–Crippen MR) is 113 cm³/mol. The van der Waals surface area contributed by atoms with Crippen LogP contribution in [-0.2, 0) is 18.9 Å². The van der Waals surface area contributed by atoms with E-state index in [1.54, 1.807) is 14.0 Å². The second-order valence-corrected chi connectivity index (χ2v) is 9.60. The van der Waals surface area contributed by atoms with Gasteiger partial charge in [-0.2, -0.15) is 0 Å². The molecule has 1 aliphatic carbocycles. The molecule has 13 atom stereocenters. The molecule has 0 aromatic carbocycles. The predicted octanol–water partition coefficient (Wildman–Crippen LogP) is -3.55. The standard InChI is InChI=1S/C20H40N4O8/c1-8(21)12-5-4-11(25)18(30-12)31-15-9(22)6-10(23)16(13(15)26)32-19-14(27)17(24-3)20(2,28)7-29-19/h8-19,24-28H,4-7,21-23H2,1-3H3. The zero-order valence-electron chi connectivity index (χ0n) is 18.9. The molecule has 188 valence electrons. The number of rotatable bonds is 6. The number of likely N-dealkylation sites (N-methyl/N-ethyl adjacent to an activating group) is 1. The first kappa shape index (κ1) is 26.1. The van der Waals surface area contributed by atoms with E-state index in [4.69, 9.17) is 36.1 Å². The molecule has 13 unspecified atom stereocenters. The van der Waals surface area contributed by atoms with Gasteiger partial charge in [0.2, 0.25) is 0 Å². The minimum atomic E-state index is -1.31. The van der Waals surface area contributed by atoms with Crippen molar-refractivity contribution in [3.63, 3.8) is 0 Å². The van der Waals surface area contributed by atoms with Gasteiger partial charge >= 0.3 is 0 Å². The smallest absolute Gasteiger partial charge is 0.185 e. The van der Waals surface area contributed by atoms with E-state index in [1.807, 2.05) is 6.92 Å². The molecule has 12 heteroatoms. The van der Waals surface area contributed by atoms with Crippen molar-refractivity contribution in [2.75, 3.05) is 13.7 Å². The lowest BCUT2D eigenvalue weighted by atomic mass is 9.84. The van der Waals surface area contributed by atoms with Crippen molar-refractivity contribution in [3.05, 3.63) is 0 Å². The van der Waals surface area contributed by atoms with Gasteiger partial charge in [0.15, 0.2) is 12.6 Å². The van der Waals surface area contributed by atoms with Crippen molar-refractivity contribution in [1.29, 1.82) is 0 Å². The lowest BCUT2D eigenvalue weighted by Crippen LogP contribution is -2.68. The van der Waals surface area contributed by atoms with Crippen LogP contribution in [0.15, 0.2) is 0 Å². The lowest BCUT2D eigenvalue weighted by molar-refractivity contribution is -0.313. The van der Waals surface area contributed by atoms with E-state index in [1.165, 1.54) is 0 Å². The molecule has 2 heterocycles. The summed E-state index contributed by atoms with van der Waals surface area (Å²) in [4.78, 5) is 0. The van der Waals surface area contributed by atoms with Crippen molar-refractivity contribution in [2.45, 2.75) is 112 Å². The van der Waals surface area contributed by atoms with Gasteiger partial charge in [-0.1, -0.05) is 0 Å². The van der Waals surface area contributed by atoms with Crippen molar-refractivity contribution in [2.24, 2.45) is 17.2 Å². The van der Waals surface area contributed by atoms with Gasteiger partial charge in [-0.25, -0.2) is 0 Å². The van der Waals surface area contributed by atoms with Crippen LogP contribution in [0.3, 0.4) is 0 Å². The molecule has 12 nitrogen and oxygen atoms in total. The Morgan fingerprint density at radius 1 is 1.03 bits per heavy atom. The summed E-state index contributed by atoms with van der Waals surface area (Å²) in [6.07, 6.45) is -6.38. The molecule has 0 aromatic rings. The SMILES string of the molecule is CNC1C(O)C(OC2C(N)CC(N)C(OC3OC(C(C)N)CCC3O)C2O)OCC1(C)O. The highest BCUT2D eigenvalue weighted by Crippen LogP contribution is 2.32. The van der Waals surface area contributed by atoms with E-state index in [-0.39, 0.29) is 25.2 Å². The number of nitrogens with one attached hydrogen (secondary N) is 1. The van der Waals surface area contributed by atoms with Crippen LogP contribution in [0.5, 0.6) is 0 Å². The fourth-order valence-corrected chi connectivity index (χ4v) is 4.83. The molecular formula is C20H40N4O8. The summed E-state index contributed by atoms with van der Waals surface area (Å²) in [6.45, 7) is 3.27. The van der Waals surface area contributed by atoms with Gasteiger partial charge in [-0.05, 0) is 40.2 Å². The third-order valence-corrected chi connectivity index (χ3v) is 6.74. The Hall–Kier alpha value is -0.480. The fraction of sp³-hybridized carbons (Fsp3) is 1.00. The summed E-state index contributed by atoms with van der Waals surface area (Å²) in [5, 5.41) is 45.3. The molecule has 0 radical (unpaired) electrons. The summed E-state index contributed by atoms with van der Waals surface area (Å²) in [6, 6.07) is -2.24. The van der Waals surface area contributed by atoms with Gasteiger partial charge in [0, 0.05) is 18.1 Å². The van der Waals surface area contributed by atoms with Gasteiger partial charge in [0.05, 0.1) is 18.8 Å². The number of hydrogen-bond donors (Lipinski definition) is 8. The largest absolute Gasteiger partial charge is 0.388 e.